The molecule has 18 heteroatoms. The number of alkyl halides is 3. The third kappa shape index (κ3) is 7.75. The van der Waals surface area contributed by atoms with Crippen LogP contribution in [-0.2, 0) is 38.2 Å². The third-order valence-electron chi connectivity index (χ3n) is 10.4. The number of carbonyl (C=O) groups excluding carboxylic acids is 5. The molecule has 15 nitrogen and oxygen atoms in total. The van der Waals surface area contributed by atoms with Crippen molar-refractivity contribution in [1.29, 1.82) is 0 Å². The van der Waals surface area contributed by atoms with Gasteiger partial charge in [-0.2, -0.15) is 13.2 Å². The lowest BCUT2D eigenvalue weighted by Crippen LogP contribution is -2.63. The van der Waals surface area contributed by atoms with Gasteiger partial charge in [-0.1, -0.05) is 20.8 Å². The second-order valence-electron chi connectivity index (χ2n) is 16.1. The van der Waals surface area contributed by atoms with Crippen molar-refractivity contribution in [2.75, 3.05) is 46.4 Å². The number of phenols is 1. The Hall–Kier alpha value is -5.62. The van der Waals surface area contributed by atoms with Gasteiger partial charge < -0.3 is 45.4 Å². The highest BCUT2D eigenvalue weighted by Gasteiger charge is 2.63. The number of fused-ring (bicyclic) bond motifs is 3. The lowest BCUT2D eigenvalue weighted by Gasteiger charge is -2.50. The number of aliphatic hydroxyl groups excluding tert-OH is 2. The minimum absolute atomic E-state index is 0.0145. The summed E-state index contributed by atoms with van der Waals surface area (Å²) in [7, 11) is 6.44. The number of nitrogens with two attached hydrogens (primary N) is 1. The number of halogens is 3. The van der Waals surface area contributed by atoms with E-state index in [2.05, 4.69) is 0 Å². The summed E-state index contributed by atoms with van der Waals surface area (Å²) in [6.07, 6.45) is -5.69. The number of nitrogens with zero attached hydrogens (tertiary/aromatic N) is 3. The topological polar surface area (TPSA) is 220 Å². The van der Waals surface area contributed by atoms with Gasteiger partial charge in [0.2, 0.25) is 12.6 Å². The van der Waals surface area contributed by atoms with E-state index in [-0.39, 0.29) is 48.2 Å². The first-order chi connectivity index (χ1) is 26.3. The molecule has 0 spiro atoms. The predicted molar refractivity (Wildman–Crippen MR) is 196 cm³/mol. The summed E-state index contributed by atoms with van der Waals surface area (Å²) in [6.45, 7) is 4.17. The van der Waals surface area contributed by atoms with Gasteiger partial charge in [-0.15, -0.1) is 0 Å². The number of ether oxygens (including phenoxy) is 2. The number of Topliss-reactive ketones (excluding diaryl/α,β-unsaturated/α-hetero) is 2. The Kier molecular flexibility index (Phi) is 11.2. The van der Waals surface area contributed by atoms with Gasteiger partial charge in [0.1, 0.15) is 22.8 Å². The van der Waals surface area contributed by atoms with Crippen molar-refractivity contribution >= 4 is 35.2 Å². The third-order valence-corrected chi connectivity index (χ3v) is 10.4. The average molecular weight is 803 g/mol. The van der Waals surface area contributed by atoms with E-state index in [9.17, 15) is 57.6 Å². The van der Waals surface area contributed by atoms with Gasteiger partial charge in [0.25, 0.3) is 5.91 Å². The lowest BCUT2D eigenvalue weighted by atomic mass is 9.58. The Labute approximate surface area is 325 Å². The van der Waals surface area contributed by atoms with Crippen LogP contribution in [0.3, 0.4) is 0 Å². The van der Waals surface area contributed by atoms with Gasteiger partial charge in [0.15, 0.2) is 11.4 Å². The normalized spacial score (nSPS) is 22.1. The number of hydrogen-bond acceptors (Lipinski definition) is 13. The summed E-state index contributed by atoms with van der Waals surface area (Å²) >= 11 is 0. The minimum Gasteiger partial charge on any atom is -0.510 e. The summed E-state index contributed by atoms with van der Waals surface area (Å²) in [6, 6.07) is 3.66. The highest BCUT2D eigenvalue weighted by Crippen LogP contribution is 2.53. The molecule has 0 unspecified atom stereocenters. The van der Waals surface area contributed by atoms with E-state index in [0.717, 1.165) is 12.1 Å². The van der Waals surface area contributed by atoms with Crippen LogP contribution in [0.1, 0.15) is 64.6 Å². The SMILES string of the molecule is CN(C)c1cc(CN(CC(C)(C)C)C(=O)OCOC(=O)c2ccc(C(F)(F)F)cc2)c(O)c2c1C[C@H]1C[C@H]3[C@H](N(C)C)C(O)=C(C(N)=O)C(=O)[C@@]3(O)C(O)=C1C2=O. The van der Waals surface area contributed by atoms with Gasteiger partial charge in [0, 0.05) is 43.4 Å². The number of benzene rings is 2. The van der Waals surface area contributed by atoms with Gasteiger partial charge >= 0.3 is 18.2 Å². The van der Waals surface area contributed by atoms with Crippen molar-refractivity contribution < 1.29 is 67.0 Å². The number of phenolic OH excluding ortho intramolecular Hbond substituents is 1. The second kappa shape index (κ2) is 15.0. The van der Waals surface area contributed by atoms with Crippen LogP contribution in [0.5, 0.6) is 5.75 Å². The Bertz CT molecular complexity index is 2090. The minimum atomic E-state index is -4.61. The molecule has 57 heavy (non-hydrogen) atoms. The molecule has 2 aromatic rings. The van der Waals surface area contributed by atoms with E-state index in [1.54, 1.807) is 25.1 Å². The van der Waals surface area contributed by atoms with Crippen LogP contribution in [-0.4, -0.2) is 113 Å². The molecule has 6 N–H and O–H groups in total. The Morgan fingerprint density at radius 3 is 2.12 bits per heavy atom. The first-order valence-electron chi connectivity index (χ1n) is 17.8. The fourth-order valence-corrected chi connectivity index (χ4v) is 7.94. The van der Waals surface area contributed by atoms with Crippen molar-refractivity contribution in [3.8, 4) is 5.75 Å². The molecule has 0 saturated heterocycles. The molecule has 0 fully saturated rings. The number of amides is 2. The van der Waals surface area contributed by atoms with E-state index in [1.165, 1.54) is 23.9 Å². The van der Waals surface area contributed by atoms with E-state index >= 15 is 0 Å². The van der Waals surface area contributed by atoms with Crippen molar-refractivity contribution in [3.63, 3.8) is 0 Å². The number of hydrogen-bond donors (Lipinski definition) is 5. The van der Waals surface area contributed by atoms with Gasteiger partial charge in [-0.05, 0) is 74.2 Å². The maximum absolute atomic E-state index is 14.5. The van der Waals surface area contributed by atoms with Crippen LogP contribution in [0, 0.1) is 17.3 Å². The quantitative estimate of drug-likeness (QED) is 0.138. The number of primary amides is 1. The Morgan fingerprint density at radius 1 is 0.982 bits per heavy atom. The molecule has 2 amide bonds. The molecule has 4 atom stereocenters. The lowest BCUT2D eigenvalue weighted by molar-refractivity contribution is -0.148. The molecular formula is C39H45F3N4O11. The average Bonchev–Trinajstić information content (AvgIpc) is 3.09. The summed E-state index contributed by atoms with van der Waals surface area (Å²) < 4.78 is 48.9. The predicted octanol–water partition coefficient (Wildman–Crippen LogP) is 4.00. The molecule has 3 aliphatic carbocycles. The summed E-state index contributed by atoms with van der Waals surface area (Å²) in [5, 5.41) is 46.5. The molecule has 5 rings (SSSR count). The van der Waals surface area contributed by atoms with E-state index in [0.29, 0.717) is 23.4 Å². The molecule has 0 radical (unpaired) electrons. The molecule has 308 valence electrons. The number of carbonyl (C=O) groups is 5. The molecule has 3 aliphatic rings. The number of ketones is 2. The number of allylic oxidation sites excluding steroid dienone is 1. The van der Waals surface area contributed by atoms with Crippen LogP contribution < -0.4 is 10.6 Å². The van der Waals surface area contributed by atoms with Crippen molar-refractivity contribution in [2.45, 2.75) is 58.0 Å². The molecule has 0 saturated carbocycles. The maximum Gasteiger partial charge on any atom is 0.416 e. The van der Waals surface area contributed by atoms with Gasteiger partial charge in [-0.25, -0.2) is 9.59 Å². The van der Waals surface area contributed by atoms with Crippen LogP contribution in [0.15, 0.2) is 53.0 Å². The van der Waals surface area contributed by atoms with E-state index in [1.807, 2.05) is 20.8 Å². The van der Waals surface area contributed by atoms with Gasteiger partial charge in [-0.3, -0.25) is 19.3 Å². The zero-order valence-electron chi connectivity index (χ0n) is 32.4. The van der Waals surface area contributed by atoms with Crippen LogP contribution in [0.25, 0.3) is 0 Å². The standard InChI is InChI=1S/C39H45F3N4O11/c1-37(2,3)16-46(36(54)57-17-56-35(53)18-8-10-21(11-9-18)39(40,41)42)15-20-14-24(44(4)5)22-12-19-13-23-28(45(6)7)31(49)27(34(43)52)33(51)38(23,55)32(50)25(19)30(48)26(22)29(20)47/h8-11,14,19,23,28,47,49-50,55H,12-13,15-17H2,1-7H3,(H2,43,52)/t19-,23-,28-,38-/m0/s1. The number of anilines is 1. The van der Waals surface area contributed by atoms with Crippen molar-refractivity contribution in [3.05, 3.63) is 80.8 Å². The zero-order chi connectivity index (χ0) is 42.7. The Morgan fingerprint density at radius 2 is 1.60 bits per heavy atom. The molecule has 2 aromatic carbocycles. The zero-order valence-corrected chi connectivity index (χ0v) is 32.4. The molecule has 0 aromatic heterocycles. The van der Waals surface area contributed by atoms with E-state index < -0.39 is 99.8 Å². The van der Waals surface area contributed by atoms with Crippen molar-refractivity contribution in [2.24, 2.45) is 23.0 Å². The van der Waals surface area contributed by atoms with Crippen LogP contribution in [0.2, 0.25) is 0 Å². The van der Waals surface area contributed by atoms with Gasteiger partial charge in [0.05, 0.1) is 29.3 Å². The maximum atomic E-state index is 14.5. The number of aliphatic hydroxyl groups is 3. The molecular weight excluding hydrogens is 757 g/mol. The number of aromatic hydroxyl groups is 1. The first-order valence-corrected chi connectivity index (χ1v) is 17.8. The smallest absolute Gasteiger partial charge is 0.416 e. The number of rotatable bonds is 9. The highest BCUT2D eigenvalue weighted by molar-refractivity contribution is 6.25. The van der Waals surface area contributed by atoms with Crippen LogP contribution >= 0.6 is 0 Å². The van der Waals surface area contributed by atoms with Crippen molar-refractivity contribution in [1.82, 2.24) is 9.80 Å². The Balaban J connectivity index is 1.48. The second-order valence-corrected chi connectivity index (χ2v) is 16.1. The molecule has 0 heterocycles. The fourth-order valence-electron chi connectivity index (χ4n) is 7.94. The monoisotopic (exact) mass is 802 g/mol. The summed E-state index contributed by atoms with van der Waals surface area (Å²) in [4.78, 5) is 70.7. The first kappa shape index (κ1) is 42.5. The number of likely N-dealkylation sites (N-methyl/N-ethyl adjacent to an activating group) is 1. The fraction of sp³-hybridized carbons (Fsp3) is 0.462. The largest absolute Gasteiger partial charge is 0.510 e. The molecule has 0 aliphatic heterocycles. The summed E-state index contributed by atoms with van der Waals surface area (Å²) in [5.41, 5.74) is 0.190. The highest BCUT2D eigenvalue weighted by atomic mass is 19.4. The summed E-state index contributed by atoms with van der Waals surface area (Å²) in [5.74, 6) is -8.97. The molecule has 0 bridgehead atoms. The number of esters is 1. The van der Waals surface area contributed by atoms with E-state index in [4.69, 9.17) is 15.2 Å². The van der Waals surface area contributed by atoms with Crippen LogP contribution in [0.4, 0.5) is 23.7 Å².